The van der Waals surface area contributed by atoms with Gasteiger partial charge in [0.1, 0.15) is 5.69 Å². The number of pyridine rings is 1. The van der Waals surface area contributed by atoms with Crippen molar-refractivity contribution in [1.82, 2.24) is 15.2 Å². The van der Waals surface area contributed by atoms with Gasteiger partial charge in [0, 0.05) is 29.6 Å². The van der Waals surface area contributed by atoms with Crippen molar-refractivity contribution in [3.05, 3.63) is 65.1 Å². The normalized spacial score (nSPS) is 19.4. The van der Waals surface area contributed by atoms with Crippen LogP contribution in [0.25, 0.3) is 11.3 Å². The molecular formula is C26H26F3N5O2. The van der Waals surface area contributed by atoms with Gasteiger partial charge in [-0.2, -0.15) is 23.4 Å². The van der Waals surface area contributed by atoms with Crippen molar-refractivity contribution in [2.24, 2.45) is 5.92 Å². The van der Waals surface area contributed by atoms with E-state index in [1.807, 2.05) is 19.1 Å². The van der Waals surface area contributed by atoms with E-state index in [1.165, 1.54) is 6.07 Å². The highest BCUT2D eigenvalue weighted by Crippen LogP contribution is 2.38. The molecule has 1 N–H and O–H groups in total. The Kier molecular flexibility index (Phi) is 6.38. The molecule has 0 saturated carbocycles. The molecule has 1 saturated heterocycles. The number of hydrogen-bond acceptors (Lipinski definition) is 6. The zero-order valence-electron chi connectivity index (χ0n) is 20.0. The number of benzene rings is 1. The fourth-order valence-corrected chi connectivity index (χ4v) is 4.95. The quantitative estimate of drug-likeness (QED) is 0.552. The van der Waals surface area contributed by atoms with Gasteiger partial charge in [0.15, 0.2) is 0 Å². The summed E-state index contributed by atoms with van der Waals surface area (Å²) in [6, 6.07) is 9.64. The highest BCUT2D eigenvalue weighted by Gasteiger charge is 2.37. The van der Waals surface area contributed by atoms with Crippen molar-refractivity contribution >= 4 is 17.3 Å². The Bertz CT molecular complexity index is 1300. The Labute approximate surface area is 206 Å². The lowest BCUT2D eigenvalue weighted by atomic mass is 9.85. The van der Waals surface area contributed by atoms with E-state index in [4.69, 9.17) is 4.74 Å². The Morgan fingerprint density at radius 2 is 2.03 bits per heavy atom. The molecule has 0 aliphatic carbocycles. The number of nitrogens with zero attached hydrogens (tertiary/aromatic N) is 4. The van der Waals surface area contributed by atoms with Gasteiger partial charge in [0.05, 0.1) is 36.3 Å². The zero-order valence-corrected chi connectivity index (χ0v) is 20.0. The van der Waals surface area contributed by atoms with Crippen LogP contribution in [-0.2, 0) is 17.3 Å². The van der Waals surface area contributed by atoms with E-state index in [0.717, 1.165) is 54.2 Å². The average Bonchev–Trinajstić information content (AvgIpc) is 2.88. The number of aromatic nitrogens is 3. The van der Waals surface area contributed by atoms with Crippen LogP contribution in [0.2, 0.25) is 0 Å². The summed E-state index contributed by atoms with van der Waals surface area (Å²) in [5.74, 6) is -0.194. The molecule has 5 rings (SSSR count). The number of ether oxygens (including phenoxy) is 1. The van der Waals surface area contributed by atoms with Gasteiger partial charge < -0.3 is 15.0 Å². The number of hydrogen-bond donors (Lipinski definition) is 1. The molecule has 2 atom stereocenters. The van der Waals surface area contributed by atoms with Gasteiger partial charge >= 0.3 is 6.18 Å². The molecule has 2 aromatic heterocycles. The number of nitrogens with one attached hydrogen (secondary N) is 1. The second-order valence-electron chi connectivity index (χ2n) is 9.18. The fourth-order valence-electron chi connectivity index (χ4n) is 4.95. The van der Waals surface area contributed by atoms with Gasteiger partial charge in [-0.3, -0.25) is 9.78 Å². The summed E-state index contributed by atoms with van der Waals surface area (Å²) in [4.78, 5) is 18.4. The van der Waals surface area contributed by atoms with Crippen LogP contribution in [-0.4, -0.2) is 46.9 Å². The summed E-state index contributed by atoms with van der Waals surface area (Å²) in [5, 5.41) is 11.7. The van der Waals surface area contributed by atoms with Gasteiger partial charge in [-0.25, -0.2) is 0 Å². The molecule has 0 radical (unpaired) electrons. The van der Waals surface area contributed by atoms with Crippen LogP contribution in [0.4, 0.5) is 24.5 Å². The maximum Gasteiger partial charge on any atom is 0.433 e. The lowest BCUT2D eigenvalue weighted by molar-refractivity contribution is -0.141. The molecule has 36 heavy (non-hydrogen) atoms. The van der Waals surface area contributed by atoms with Crippen molar-refractivity contribution < 1.29 is 22.7 Å². The number of aryl methyl sites for hydroxylation is 1. The molecule has 0 unspecified atom stereocenters. The van der Waals surface area contributed by atoms with E-state index in [2.05, 4.69) is 32.3 Å². The van der Waals surface area contributed by atoms with Crippen molar-refractivity contribution in [3.63, 3.8) is 0 Å². The largest absolute Gasteiger partial charge is 0.433 e. The lowest BCUT2D eigenvalue weighted by Crippen LogP contribution is -2.53. The van der Waals surface area contributed by atoms with Crippen molar-refractivity contribution in [2.45, 2.75) is 38.9 Å². The van der Waals surface area contributed by atoms with E-state index in [9.17, 15) is 18.0 Å². The molecule has 2 aliphatic rings. The van der Waals surface area contributed by atoms with E-state index < -0.39 is 17.8 Å². The van der Waals surface area contributed by atoms with Gasteiger partial charge in [-0.15, -0.1) is 0 Å². The number of morpholine rings is 1. The minimum absolute atomic E-state index is 0.128. The highest BCUT2D eigenvalue weighted by molar-refractivity contribution is 6.04. The highest BCUT2D eigenvalue weighted by atomic mass is 19.4. The molecule has 7 nitrogen and oxygen atoms in total. The molecule has 3 aromatic rings. The number of halogens is 3. The van der Waals surface area contributed by atoms with Crippen LogP contribution in [0, 0.1) is 12.8 Å². The van der Waals surface area contributed by atoms with Crippen molar-refractivity contribution in [3.8, 4) is 11.3 Å². The number of anilines is 2. The molecule has 2 aliphatic heterocycles. The van der Waals surface area contributed by atoms with E-state index in [-0.39, 0.29) is 5.56 Å². The average molecular weight is 498 g/mol. The van der Waals surface area contributed by atoms with Crippen LogP contribution >= 0.6 is 0 Å². The van der Waals surface area contributed by atoms with Crippen LogP contribution < -0.4 is 10.2 Å². The summed E-state index contributed by atoms with van der Waals surface area (Å²) >= 11 is 0. The minimum Gasteiger partial charge on any atom is -0.377 e. The summed E-state index contributed by atoms with van der Waals surface area (Å²) in [5.41, 5.74) is 3.63. The number of alkyl halides is 3. The predicted octanol–water partition coefficient (Wildman–Crippen LogP) is 4.91. The minimum atomic E-state index is -4.63. The summed E-state index contributed by atoms with van der Waals surface area (Å²) in [6.07, 6.45) is -1.77. The number of amides is 1. The van der Waals surface area contributed by atoms with Crippen LogP contribution in [0.3, 0.4) is 0 Å². The zero-order chi connectivity index (χ0) is 25.4. The molecule has 188 valence electrons. The standard InChI is InChI=1S/C26H26F3N5O2/c1-3-16-10-21-22(34-8-9-36-14-23(16)34)13-20(32-33-21)19-12-18(5-4-15(19)2)31-25(35)17-6-7-30-24(11-17)26(27,28)29/h4-7,11-13,16,23H,3,8-10,14H2,1-2H3,(H,31,35)/t16-,23+/m1/s1. The monoisotopic (exact) mass is 497 g/mol. The fraction of sp³-hybridized carbons (Fsp3) is 0.385. The second kappa shape index (κ2) is 9.50. The van der Waals surface area contributed by atoms with Crippen LogP contribution in [0.15, 0.2) is 42.6 Å². The molecule has 0 bridgehead atoms. The first-order valence-electron chi connectivity index (χ1n) is 11.9. The molecule has 0 spiro atoms. The Hall–Kier alpha value is -3.53. The SMILES string of the molecule is CC[C@@H]1Cc2nnc(-c3cc(NC(=O)c4ccnc(C(F)(F)F)c4)ccc3C)cc2N2CCOC[C@@H]12. The first kappa shape index (κ1) is 24.2. The number of carbonyl (C=O) groups is 1. The maximum absolute atomic E-state index is 13.0. The number of rotatable bonds is 4. The smallest absolute Gasteiger partial charge is 0.377 e. The van der Waals surface area contributed by atoms with Gasteiger partial charge in [-0.1, -0.05) is 19.4 Å². The van der Waals surface area contributed by atoms with E-state index >= 15 is 0 Å². The summed E-state index contributed by atoms with van der Waals surface area (Å²) in [7, 11) is 0. The molecule has 1 amide bonds. The predicted molar refractivity (Wildman–Crippen MR) is 129 cm³/mol. The molecule has 1 fully saturated rings. The van der Waals surface area contributed by atoms with Crippen molar-refractivity contribution in [1.29, 1.82) is 0 Å². The third-order valence-corrected chi connectivity index (χ3v) is 6.93. The maximum atomic E-state index is 13.0. The number of carbonyl (C=O) groups excluding carboxylic acids is 1. The van der Waals surface area contributed by atoms with Gasteiger partial charge in [-0.05, 0) is 55.2 Å². The summed E-state index contributed by atoms with van der Waals surface area (Å²) < 4.78 is 44.7. The molecule has 1 aromatic carbocycles. The lowest BCUT2D eigenvalue weighted by Gasteiger charge is -2.45. The van der Waals surface area contributed by atoms with Crippen LogP contribution in [0.1, 0.15) is 40.7 Å². The number of fused-ring (bicyclic) bond motifs is 3. The Morgan fingerprint density at radius 3 is 2.81 bits per heavy atom. The second-order valence-corrected chi connectivity index (χ2v) is 9.18. The molecule has 4 heterocycles. The molecular weight excluding hydrogens is 471 g/mol. The topological polar surface area (TPSA) is 80.2 Å². The summed E-state index contributed by atoms with van der Waals surface area (Å²) in [6.45, 7) is 6.27. The van der Waals surface area contributed by atoms with Gasteiger partial charge in [0.25, 0.3) is 5.91 Å². The van der Waals surface area contributed by atoms with E-state index in [0.29, 0.717) is 36.6 Å². The first-order chi connectivity index (χ1) is 17.2. The Morgan fingerprint density at radius 1 is 1.19 bits per heavy atom. The Balaban J connectivity index is 1.43. The van der Waals surface area contributed by atoms with Crippen molar-refractivity contribution in [2.75, 3.05) is 30.0 Å². The van der Waals surface area contributed by atoms with Crippen LogP contribution in [0.5, 0.6) is 0 Å². The first-order valence-corrected chi connectivity index (χ1v) is 11.9. The van der Waals surface area contributed by atoms with Gasteiger partial charge in [0.2, 0.25) is 0 Å². The molecule has 10 heteroatoms. The van der Waals surface area contributed by atoms with E-state index in [1.54, 1.807) is 12.1 Å². The third kappa shape index (κ3) is 4.65. The third-order valence-electron chi connectivity index (χ3n) is 6.93.